The Kier molecular flexibility index (Phi) is 6.60. The molecule has 0 amide bonds. The van der Waals surface area contributed by atoms with Crippen molar-refractivity contribution in [2.24, 2.45) is 11.8 Å². The molecule has 1 aromatic carbocycles. The maximum atomic E-state index is 14.8. The number of ether oxygens (including phenoxy) is 1. The second kappa shape index (κ2) is 9.47. The number of nitrogens with zero attached hydrogens (tertiary/aromatic N) is 2. The fourth-order valence-electron chi connectivity index (χ4n) is 5.55. The highest BCUT2D eigenvalue weighted by Crippen LogP contribution is 2.46. The maximum absolute atomic E-state index is 14.8. The second-order valence-corrected chi connectivity index (χ2v) is 11.4. The zero-order valence-electron chi connectivity index (χ0n) is 19.6. The quantitative estimate of drug-likeness (QED) is 0.474. The molecule has 178 valence electrons. The first-order valence-electron chi connectivity index (χ1n) is 12.1. The molecular weight excluding hydrogens is 438 g/mol. The van der Waals surface area contributed by atoms with Gasteiger partial charge in [-0.15, -0.1) is 11.3 Å². The van der Waals surface area contributed by atoms with Crippen molar-refractivity contribution in [3.05, 3.63) is 58.7 Å². The van der Waals surface area contributed by atoms with Crippen molar-refractivity contribution >= 4 is 21.4 Å². The summed E-state index contributed by atoms with van der Waals surface area (Å²) in [5.74, 6) is 1.42. The van der Waals surface area contributed by atoms with Crippen LogP contribution in [0.25, 0.3) is 10.1 Å². The number of hydrogen-bond donors (Lipinski definition) is 0. The van der Waals surface area contributed by atoms with E-state index in [4.69, 9.17) is 4.74 Å². The minimum absolute atomic E-state index is 0.174. The zero-order valence-corrected chi connectivity index (χ0v) is 20.4. The van der Waals surface area contributed by atoms with Crippen LogP contribution in [0.1, 0.15) is 36.8 Å². The fourth-order valence-corrected chi connectivity index (χ4v) is 6.78. The Bertz CT molecular complexity index is 1030. The van der Waals surface area contributed by atoms with Crippen molar-refractivity contribution in [1.29, 1.82) is 0 Å². The average molecular weight is 473 g/mol. The lowest BCUT2D eigenvalue weighted by Gasteiger charge is -2.42. The number of fused-ring (bicyclic) bond motifs is 3. The molecule has 1 saturated heterocycles. The third kappa shape index (κ3) is 5.03. The van der Waals surface area contributed by atoms with Crippen LogP contribution in [0.4, 0.5) is 8.78 Å². The highest BCUT2D eigenvalue weighted by molar-refractivity contribution is 7.19. The van der Waals surface area contributed by atoms with Crippen molar-refractivity contribution in [3.63, 3.8) is 0 Å². The van der Waals surface area contributed by atoms with Crippen molar-refractivity contribution in [3.8, 4) is 0 Å². The van der Waals surface area contributed by atoms with Crippen LogP contribution < -0.4 is 0 Å². The SMILES string of the molecule is CC(C)(F)CN1CCc2sc3ccccc3c2C1C1C=CC(OCCN2CC(CF)C2)=CC1. The maximum Gasteiger partial charge on any atom is 0.118 e. The number of thiophene rings is 1. The molecule has 3 heterocycles. The topological polar surface area (TPSA) is 15.7 Å². The molecule has 0 spiro atoms. The standard InChI is InChI=1S/C27H34F2N2OS/c1-27(2,29)18-31-12-11-24-25(22-5-3-4-6-23(22)33-24)26(31)20-7-9-21(10-8-20)32-14-13-30-16-19(15-28)17-30/h3-7,9-10,19-20,26H,8,11-18H2,1-2H3. The summed E-state index contributed by atoms with van der Waals surface area (Å²) < 4.78 is 34.7. The number of benzene rings is 1. The third-order valence-corrected chi connectivity index (χ3v) is 8.28. The Hall–Kier alpha value is -1.76. The van der Waals surface area contributed by atoms with Crippen molar-refractivity contribution in [1.82, 2.24) is 9.80 Å². The molecule has 5 rings (SSSR count). The molecule has 0 N–H and O–H groups in total. The lowest BCUT2D eigenvalue weighted by molar-refractivity contribution is 0.0555. The summed E-state index contributed by atoms with van der Waals surface area (Å²) >= 11 is 1.90. The molecule has 2 aliphatic heterocycles. The molecule has 33 heavy (non-hydrogen) atoms. The fraction of sp³-hybridized carbons (Fsp3) is 0.556. The van der Waals surface area contributed by atoms with Gasteiger partial charge in [0.15, 0.2) is 0 Å². The largest absolute Gasteiger partial charge is 0.493 e. The van der Waals surface area contributed by atoms with Gasteiger partial charge in [-0.2, -0.15) is 0 Å². The number of likely N-dealkylation sites (tertiary alicyclic amines) is 1. The molecule has 3 aliphatic rings. The Balaban J connectivity index is 1.30. The summed E-state index contributed by atoms with van der Waals surface area (Å²) in [6, 6.07) is 8.82. The van der Waals surface area contributed by atoms with Gasteiger partial charge in [0, 0.05) is 60.2 Å². The number of hydrogen-bond acceptors (Lipinski definition) is 4. The highest BCUT2D eigenvalue weighted by atomic mass is 32.1. The Morgan fingerprint density at radius 2 is 2.03 bits per heavy atom. The predicted molar refractivity (Wildman–Crippen MR) is 132 cm³/mol. The van der Waals surface area contributed by atoms with Crippen molar-refractivity contribution in [2.45, 2.75) is 38.4 Å². The van der Waals surface area contributed by atoms with Gasteiger partial charge in [-0.3, -0.25) is 14.2 Å². The smallest absolute Gasteiger partial charge is 0.118 e. The average Bonchev–Trinajstić information content (AvgIpc) is 3.13. The Labute approximate surface area is 199 Å². The summed E-state index contributed by atoms with van der Waals surface area (Å²) in [6.45, 7) is 7.64. The van der Waals surface area contributed by atoms with E-state index in [0.29, 0.717) is 13.2 Å². The number of alkyl halides is 2. The van der Waals surface area contributed by atoms with E-state index in [-0.39, 0.29) is 24.6 Å². The summed E-state index contributed by atoms with van der Waals surface area (Å²) in [6.07, 6.45) is 8.42. The molecule has 6 heteroatoms. The Morgan fingerprint density at radius 1 is 1.21 bits per heavy atom. The van der Waals surface area contributed by atoms with Crippen LogP contribution in [0.5, 0.6) is 0 Å². The highest BCUT2D eigenvalue weighted by Gasteiger charge is 2.38. The van der Waals surface area contributed by atoms with E-state index in [1.807, 2.05) is 11.3 Å². The molecule has 2 aromatic rings. The van der Waals surface area contributed by atoms with Crippen molar-refractivity contribution < 1.29 is 13.5 Å². The van der Waals surface area contributed by atoms with E-state index in [1.54, 1.807) is 13.8 Å². The first-order valence-corrected chi connectivity index (χ1v) is 13.0. The summed E-state index contributed by atoms with van der Waals surface area (Å²) in [4.78, 5) is 6.05. The molecule has 2 unspecified atom stereocenters. The second-order valence-electron chi connectivity index (χ2n) is 10.3. The minimum Gasteiger partial charge on any atom is -0.493 e. The molecule has 0 saturated carbocycles. The Morgan fingerprint density at radius 3 is 2.76 bits per heavy atom. The monoisotopic (exact) mass is 472 g/mol. The summed E-state index contributed by atoms with van der Waals surface area (Å²) in [7, 11) is 0. The van der Waals surface area contributed by atoms with Crippen LogP contribution in [0, 0.1) is 11.8 Å². The molecule has 1 fully saturated rings. The van der Waals surface area contributed by atoms with Crippen LogP contribution in [0.2, 0.25) is 0 Å². The van der Waals surface area contributed by atoms with Crippen molar-refractivity contribution in [2.75, 3.05) is 46.0 Å². The van der Waals surface area contributed by atoms with E-state index in [2.05, 4.69) is 52.3 Å². The summed E-state index contributed by atoms with van der Waals surface area (Å²) in [5.41, 5.74) is 0.168. The van der Waals surface area contributed by atoms with Gasteiger partial charge in [0.05, 0.1) is 6.67 Å². The lowest BCUT2D eigenvalue weighted by Crippen LogP contribution is -2.48. The molecule has 0 bridgehead atoms. The van der Waals surface area contributed by atoms with Gasteiger partial charge in [-0.25, -0.2) is 4.39 Å². The van der Waals surface area contributed by atoms with Crippen LogP contribution in [-0.2, 0) is 11.2 Å². The minimum atomic E-state index is -1.23. The van der Waals surface area contributed by atoms with E-state index < -0.39 is 5.67 Å². The molecule has 1 aromatic heterocycles. The van der Waals surface area contributed by atoms with Gasteiger partial charge in [0.2, 0.25) is 0 Å². The lowest BCUT2D eigenvalue weighted by atomic mass is 9.82. The number of allylic oxidation sites excluding steroid dienone is 2. The van der Waals surface area contributed by atoms with Gasteiger partial charge >= 0.3 is 0 Å². The van der Waals surface area contributed by atoms with E-state index in [9.17, 15) is 8.78 Å². The molecular formula is C27H34F2N2OS. The molecule has 1 aliphatic carbocycles. The van der Waals surface area contributed by atoms with Crippen LogP contribution in [0.15, 0.2) is 48.3 Å². The third-order valence-electron chi connectivity index (χ3n) is 7.04. The summed E-state index contributed by atoms with van der Waals surface area (Å²) in [5, 5.41) is 1.32. The van der Waals surface area contributed by atoms with Gasteiger partial charge in [0.1, 0.15) is 18.0 Å². The predicted octanol–water partition coefficient (Wildman–Crippen LogP) is 5.93. The number of halogens is 2. The van der Waals surface area contributed by atoms with Crippen LogP contribution in [-0.4, -0.2) is 61.5 Å². The normalized spacial score (nSPS) is 24.5. The van der Waals surface area contributed by atoms with Crippen LogP contribution >= 0.6 is 11.3 Å². The zero-order chi connectivity index (χ0) is 23.0. The first kappa shape index (κ1) is 23.0. The van der Waals surface area contributed by atoms with Crippen LogP contribution in [0.3, 0.4) is 0 Å². The van der Waals surface area contributed by atoms with Gasteiger partial charge < -0.3 is 4.74 Å². The molecule has 3 nitrogen and oxygen atoms in total. The van der Waals surface area contributed by atoms with Gasteiger partial charge in [0.25, 0.3) is 0 Å². The number of rotatable bonds is 8. The van der Waals surface area contributed by atoms with Gasteiger partial charge in [-0.1, -0.05) is 24.3 Å². The van der Waals surface area contributed by atoms with E-state index >= 15 is 0 Å². The van der Waals surface area contributed by atoms with Gasteiger partial charge in [-0.05, 0) is 55.9 Å². The first-order chi connectivity index (χ1) is 15.9. The molecule has 0 radical (unpaired) electrons. The van der Waals surface area contributed by atoms with E-state index in [0.717, 1.165) is 44.8 Å². The molecule has 2 atom stereocenters. The van der Waals surface area contributed by atoms with E-state index in [1.165, 1.54) is 20.5 Å².